The highest BCUT2D eigenvalue weighted by Gasteiger charge is 2.23. The zero-order chi connectivity index (χ0) is 22.1. The van der Waals surface area contributed by atoms with Crippen LogP contribution in [0.15, 0.2) is 36.5 Å². The third-order valence-corrected chi connectivity index (χ3v) is 4.96. The summed E-state index contributed by atoms with van der Waals surface area (Å²) in [6.07, 6.45) is 1.62. The van der Waals surface area contributed by atoms with Crippen LogP contribution in [0.5, 0.6) is 0 Å². The van der Waals surface area contributed by atoms with E-state index in [2.05, 4.69) is 60.6 Å². The maximum atomic E-state index is 12.5. The van der Waals surface area contributed by atoms with E-state index in [4.69, 9.17) is 0 Å². The largest absolute Gasteiger partial charge is 0.312 e. The predicted molar refractivity (Wildman–Crippen MR) is 113 cm³/mol. The fourth-order valence-electron chi connectivity index (χ4n) is 3.27. The summed E-state index contributed by atoms with van der Waals surface area (Å²) >= 11 is 0. The van der Waals surface area contributed by atoms with Crippen LogP contribution in [0.3, 0.4) is 0 Å². The van der Waals surface area contributed by atoms with Crippen molar-refractivity contribution in [2.45, 2.75) is 53.1 Å². The van der Waals surface area contributed by atoms with Gasteiger partial charge in [-0.15, -0.1) is 0 Å². The second-order valence-electron chi connectivity index (χ2n) is 8.30. The first-order valence-corrected chi connectivity index (χ1v) is 9.65. The summed E-state index contributed by atoms with van der Waals surface area (Å²) in [6, 6.07) is 10.0. The van der Waals surface area contributed by atoms with Crippen molar-refractivity contribution < 1.29 is 9.72 Å². The molecule has 0 saturated carbocycles. The standard InChI is InChI=1S/C21H26N6O3/c1-14-20(27(29)30)15(2)25(24-14)13-19(28)23-18-10-11-22-26(18)12-16-6-8-17(9-7-16)21(3,4)5/h6-11H,12-13H2,1-5H3,(H,23,28). The summed E-state index contributed by atoms with van der Waals surface area (Å²) in [5, 5.41) is 22.3. The Kier molecular flexibility index (Phi) is 5.73. The molecule has 1 amide bonds. The van der Waals surface area contributed by atoms with Crippen molar-refractivity contribution >= 4 is 17.4 Å². The van der Waals surface area contributed by atoms with Gasteiger partial charge in [0.1, 0.15) is 23.8 Å². The Morgan fingerprint density at radius 2 is 1.80 bits per heavy atom. The molecule has 0 aliphatic heterocycles. The van der Waals surface area contributed by atoms with Crippen molar-refractivity contribution in [2.24, 2.45) is 0 Å². The van der Waals surface area contributed by atoms with Gasteiger partial charge in [0.2, 0.25) is 5.91 Å². The molecular weight excluding hydrogens is 384 g/mol. The van der Waals surface area contributed by atoms with E-state index >= 15 is 0 Å². The summed E-state index contributed by atoms with van der Waals surface area (Å²) in [5.74, 6) is 0.219. The number of nitrogens with one attached hydrogen (secondary N) is 1. The lowest BCUT2D eigenvalue weighted by molar-refractivity contribution is -0.386. The van der Waals surface area contributed by atoms with Crippen molar-refractivity contribution in [3.63, 3.8) is 0 Å². The zero-order valence-electron chi connectivity index (χ0n) is 17.8. The number of benzene rings is 1. The van der Waals surface area contributed by atoms with Gasteiger partial charge in [0, 0.05) is 6.07 Å². The maximum Gasteiger partial charge on any atom is 0.312 e. The molecule has 0 aliphatic rings. The molecule has 0 saturated heterocycles. The normalized spacial score (nSPS) is 11.5. The predicted octanol–water partition coefficient (Wildman–Crippen LogP) is 3.59. The van der Waals surface area contributed by atoms with E-state index in [1.165, 1.54) is 10.2 Å². The Labute approximate surface area is 174 Å². The van der Waals surface area contributed by atoms with Gasteiger partial charge >= 0.3 is 5.69 Å². The number of anilines is 1. The summed E-state index contributed by atoms with van der Waals surface area (Å²) < 4.78 is 3.04. The van der Waals surface area contributed by atoms with Crippen molar-refractivity contribution in [3.05, 3.63) is 69.2 Å². The highest BCUT2D eigenvalue weighted by Crippen LogP contribution is 2.23. The van der Waals surface area contributed by atoms with Crippen LogP contribution >= 0.6 is 0 Å². The Morgan fingerprint density at radius 1 is 1.13 bits per heavy atom. The molecule has 1 aromatic carbocycles. The number of hydrogen-bond acceptors (Lipinski definition) is 5. The number of amides is 1. The second kappa shape index (κ2) is 8.10. The lowest BCUT2D eigenvalue weighted by atomic mass is 9.87. The number of nitro groups is 1. The maximum absolute atomic E-state index is 12.5. The Bertz CT molecular complexity index is 1070. The van der Waals surface area contributed by atoms with Gasteiger partial charge in [-0.3, -0.25) is 19.6 Å². The Morgan fingerprint density at radius 3 is 2.37 bits per heavy atom. The molecule has 2 heterocycles. The van der Waals surface area contributed by atoms with Crippen LogP contribution in [0, 0.1) is 24.0 Å². The molecule has 158 valence electrons. The van der Waals surface area contributed by atoms with Gasteiger partial charge in [-0.1, -0.05) is 45.0 Å². The number of aryl methyl sites for hydroxylation is 1. The SMILES string of the molecule is Cc1nn(CC(=O)Nc2ccnn2Cc2ccc(C(C)(C)C)cc2)c(C)c1[N+](=O)[O-]. The average Bonchev–Trinajstić information content (AvgIpc) is 3.18. The molecule has 3 rings (SSSR count). The van der Waals surface area contributed by atoms with Crippen LogP contribution in [0.1, 0.15) is 43.3 Å². The highest BCUT2D eigenvalue weighted by molar-refractivity contribution is 5.89. The van der Waals surface area contributed by atoms with Gasteiger partial charge < -0.3 is 5.32 Å². The van der Waals surface area contributed by atoms with Crippen LogP contribution < -0.4 is 5.32 Å². The van der Waals surface area contributed by atoms with Gasteiger partial charge in [0.15, 0.2) is 0 Å². The molecule has 0 radical (unpaired) electrons. The fraction of sp³-hybridized carbons (Fsp3) is 0.381. The molecule has 0 aliphatic carbocycles. The van der Waals surface area contributed by atoms with Gasteiger partial charge in [0.25, 0.3) is 0 Å². The van der Waals surface area contributed by atoms with Gasteiger partial charge in [-0.05, 0) is 30.4 Å². The molecule has 0 spiro atoms. The Hall–Kier alpha value is -3.49. The number of aromatic nitrogens is 4. The first kappa shape index (κ1) is 21.2. The van der Waals surface area contributed by atoms with Crippen molar-refractivity contribution in [2.75, 3.05) is 5.32 Å². The van der Waals surface area contributed by atoms with Gasteiger partial charge in [-0.25, -0.2) is 4.68 Å². The fourth-order valence-corrected chi connectivity index (χ4v) is 3.27. The number of hydrogen-bond donors (Lipinski definition) is 1. The monoisotopic (exact) mass is 410 g/mol. The van der Waals surface area contributed by atoms with Crippen LogP contribution in [0.2, 0.25) is 0 Å². The Balaban J connectivity index is 1.69. The van der Waals surface area contributed by atoms with Crippen LogP contribution in [-0.2, 0) is 23.3 Å². The molecule has 1 N–H and O–H groups in total. The van der Waals surface area contributed by atoms with Crippen molar-refractivity contribution in [1.82, 2.24) is 19.6 Å². The molecule has 30 heavy (non-hydrogen) atoms. The minimum Gasteiger partial charge on any atom is -0.309 e. The molecular formula is C21H26N6O3. The minimum absolute atomic E-state index is 0.0634. The van der Waals surface area contributed by atoms with Gasteiger partial charge in [-0.2, -0.15) is 10.2 Å². The number of carbonyl (C=O) groups is 1. The van der Waals surface area contributed by atoms with Gasteiger partial charge in [0.05, 0.1) is 17.7 Å². The summed E-state index contributed by atoms with van der Waals surface area (Å²) in [4.78, 5) is 23.2. The van der Waals surface area contributed by atoms with Crippen molar-refractivity contribution in [3.8, 4) is 0 Å². The third-order valence-electron chi connectivity index (χ3n) is 4.96. The molecule has 9 heteroatoms. The van der Waals surface area contributed by atoms with Crippen molar-refractivity contribution in [1.29, 1.82) is 0 Å². The molecule has 9 nitrogen and oxygen atoms in total. The second-order valence-corrected chi connectivity index (χ2v) is 8.30. The molecule has 2 aromatic heterocycles. The smallest absolute Gasteiger partial charge is 0.309 e. The summed E-state index contributed by atoms with van der Waals surface area (Å²) in [5.41, 5.74) is 2.97. The summed E-state index contributed by atoms with van der Waals surface area (Å²) in [6.45, 7) is 10.0. The first-order chi connectivity index (χ1) is 14.1. The summed E-state index contributed by atoms with van der Waals surface area (Å²) in [7, 11) is 0. The number of nitrogens with zero attached hydrogens (tertiary/aromatic N) is 5. The number of rotatable bonds is 6. The first-order valence-electron chi connectivity index (χ1n) is 9.65. The van der Waals surface area contributed by atoms with Crippen LogP contribution in [-0.4, -0.2) is 30.4 Å². The lowest BCUT2D eigenvalue weighted by Crippen LogP contribution is -2.22. The van der Waals surface area contributed by atoms with E-state index in [-0.39, 0.29) is 29.2 Å². The number of carbonyl (C=O) groups excluding carboxylic acids is 1. The topological polar surface area (TPSA) is 108 Å². The molecule has 0 fully saturated rings. The molecule has 0 bridgehead atoms. The van der Waals surface area contributed by atoms with E-state index in [1.807, 2.05) is 0 Å². The zero-order valence-corrected chi connectivity index (χ0v) is 17.8. The van der Waals surface area contributed by atoms with E-state index in [0.29, 0.717) is 18.1 Å². The van der Waals surface area contributed by atoms with E-state index in [9.17, 15) is 14.9 Å². The third kappa shape index (κ3) is 4.56. The molecule has 3 aromatic rings. The molecule has 0 unspecified atom stereocenters. The van der Waals surface area contributed by atoms with Crippen LogP contribution in [0.4, 0.5) is 11.5 Å². The minimum atomic E-state index is -0.480. The average molecular weight is 410 g/mol. The van der Waals surface area contributed by atoms with E-state index < -0.39 is 4.92 Å². The van der Waals surface area contributed by atoms with E-state index in [0.717, 1.165) is 5.56 Å². The quantitative estimate of drug-likeness (QED) is 0.493. The lowest BCUT2D eigenvalue weighted by Gasteiger charge is -2.19. The highest BCUT2D eigenvalue weighted by atomic mass is 16.6. The van der Waals surface area contributed by atoms with E-state index in [1.54, 1.807) is 30.8 Å². The van der Waals surface area contributed by atoms with Crippen LogP contribution in [0.25, 0.3) is 0 Å². The molecule has 0 atom stereocenters.